The first-order valence-corrected chi connectivity index (χ1v) is 9.93. The van der Waals surface area contributed by atoms with Gasteiger partial charge >= 0.3 is 0 Å². The zero-order valence-electron chi connectivity index (χ0n) is 17.2. The Morgan fingerprint density at radius 1 is 1.00 bits per heavy atom. The summed E-state index contributed by atoms with van der Waals surface area (Å²) in [6.45, 7) is 0. The second kappa shape index (κ2) is 8.22. The number of nitrogens with zero attached hydrogens (tertiary/aromatic N) is 1. The highest BCUT2D eigenvalue weighted by molar-refractivity contribution is 6.02. The van der Waals surface area contributed by atoms with Gasteiger partial charge in [0.2, 0.25) is 5.91 Å². The smallest absolute Gasteiger partial charge is 0.269 e. The van der Waals surface area contributed by atoms with E-state index in [0.717, 1.165) is 11.1 Å². The fraction of sp³-hybridized carbons (Fsp3) is 0.304. The van der Waals surface area contributed by atoms with Crippen molar-refractivity contribution in [2.75, 3.05) is 14.2 Å². The Labute approximate surface area is 179 Å². The molecule has 0 saturated carbocycles. The average Bonchev–Trinajstić information content (AvgIpc) is 2.77. The Balaban J connectivity index is 1.71. The van der Waals surface area contributed by atoms with E-state index >= 15 is 0 Å². The van der Waals surface area contributed by atoms with Crippen LogP contribution in [0.5, 0.6) is 11.5 Å². The van der Waals surface area contributed by atoms with Crippen LogP contribution < -0.4 is 14.8 Å². The van der Waals surface area contributed by atoms with Crippen LogP contribution in [0.1, 0.15) is 42.2 Å². The van der Waals surface area contributed by atoms with Crippen LogP contribution in [0, 0.1) is 10.1 Å². The molecule has 1 heterocycles. The Kier molecular flexibility index (Phi) is 5.46. The highest BCUT2D eigenvalue weighted by Crippen LogP contribution is 2.45. The van der Waals surface area contributed by atoms with Crippen molar-refractivity contribution in [1.82, 2.24) is 5.32 Å². The fourth-order valence-electron chi connectivity index (χ4n) is 4.45. The fourth-order valence-corrected chi connectivity index (χ4v) is 4.45. The average molecular weight is 422 g/mol. The highest BCUT2D eigenvalue weighted by atomic mass is 16.6. The van der Waals surface area contributed by atoms with Gasteiger partial charge in [-0.1, -0.05) is 12.1 Å². The maximum absolute atomic E-state index is 13.2. The van der Waals surface area contributed by atoms with E-state index in [0.29, 0.717) is 29.2 Å². The quantitative estimate of drug-likeness (QED) is 0.582. The van der Waals surface area contributed by atoms with Gasteiger partial charge in [0, 0.05) is 53.6 Å². The van der Waals surface area contributed by atoms with Crippen LogP contribution in [-0.2, 0) is 9.59 Å². The third-order valence-electron chi connectivity index (χ3n) is 5.92. The van der Waals surface area contributed by atoms with Crippen LogP contribution in [-0.4, -0.2) is 30.8 Å². The number of allylic oxidation sites excluding steroid dienone is 2. The molecule has 1 amide bonds. The minimum absolute atomic E-state index is 0.0293. The zero-order chi connectivity index (χ0) is 22.1. The van der Waals surface area contributed by atoms with E-state index < -0.39 is 10.8 Å². The molecule has 0 bridgehead atoms. The van der Waals surface area contributed by atoms with Gasteiger partial charge in [-0.2, -0.15) is 0 Å². The van der Waals surface area contributed by atoms with Gasteiger partial charge in [0.15, 0.2) is 5.78 Å². The topological polar surface area (TPSA) is 108 Å². The number of Topliss-reactive ketones (excluding diaryl/α,β-unsaturated/α-hetero) is 1. The van der Waals surface area contributed by atoms with E-state index in [4.69, 9.17) is 9.47 Å². The summed E-state index contributed by atoms with van der Waals surface area (Å²) in [5, 5.41) is 13.8. The van der Waals surface area contributed by atoms with Gasteiger partial charge in [-0.05, 0) is 30.2 Å². The predicted molar refractivity (Wildman–Crippen MR) is 112 cm³/mol. The monoisotopic (exact) mass is 422 g/mol. The van der Waals surface area contributed by atoms with E-state index in [1.54, 1.807) is 32.4 Å². The largest absolute Gasteiger partial charge is 0.497 e. The molecule has 0 fully saturated rings. The number of methoxy groups -OCH3 is 2. The summed E-state index contributed by atoms with van der Waals surface area (Å²) in [6.07, 6.45) is 0.900. The molecule has 2 unspecified atom stereocenters. The lowest BCUT2D eigenvalue weighted by atomic mass is 9.73. The van der Waals surface area contributed by atoms with Crippen LogP contribution in [0.2, 0.25) is 0 Å². The molecule has 2 atom stereocenters. The summed E-state index contributed by atoms with van der Waals surface area (Å²) in [7, 11) is 3.15. The molecule has 8 heteroatoms. The van der Waals surface area contributed by atoms with Crippen molar-refractivity contribution in [3.63, 3.8) is 0 Å². The van der Waals surface area contributed by atoms with Gasteiger partial charge in [0.1, 0.15) is 11.5 Å². The minimum atomic E-state index is -0.472. The lowest BCUT2D eigenvalue weighted by Crippen LogP contribution is -2.38. The van der Waals surface area contributed by atoms with E-state index in [-0.39, 0.29) is 36.1 Å². The first-order chi connectivity index (χ1) is 14.9. The summed E-state index contributed by atoms with van der Waals surface area (Å²) in [5.74, 6) is 0.543. The van der Waals surface area contributed by atoms with Crippen molar-refractivity contribution in [2.45, 2.75) is 31.1 Å². The Morgan fingerprint density at radius 2 is 1.74 bits per heavy atom. The molecule has 31 heavy (non-hydrogen) atoms. The number of nitrogens with one attached hydrogen (secondary N) is 1. The maximum atomic E-state index is 13.2. The standard InChI is InChI=1S/C23H22N2O6/c1-30-16-7-8-21(31-2)17(11-16)14-9-19-23(20(26)10-14)18(12-22(27)24-19)13-3-5-15(6-4-13)25(28)29/h3-8,11,14,18H,9-10,12H2,1-2H3,(H,24,27). The normalized spacial score (nSPS) is 20.7. The minimum Gasteiger partial charge on any atom is -0.497 e. The third-order valence-corrected chi connectivity index (χ3v) is 5.92. The summed E-state index contributed by atoms with van der Waals surface area (Å²) < 4.78 is 10.8. The summed E-state index contributed by atoms with van der Waals surface area (Å²) >= 11 is 0. The van der Waals surface area contributed by atoms with E-state index in [9.17, 15) is 19.7 Å². The molecule has 0 aromatic heterocycles. The molecule has 1 N–H and O–H groups in total. The lowest BCUT2D eigenvalue weighted by Gasteiger charge is -2.34. The Morgan fingerprint density at radius 3 is 2.39 bits per heavy atom. The number of non-ortho nitro benzene ring substituents is 1. The number of nitro groups is 1. The molecule has 0 radical (unpaired) electrons. The number of carbonyl (C=O) groups excluding carboxylic acids is 2. The van der Waals surface area contributed by atoms with Gasteiger partial charge in [-0.25, -0.2) is 0 Å². The van der Waals surface area contributed by atoms with Crippen LogP contribution in [0.4, 0.5) is 5.69 Å². The number of ketones is 1. The van der Waals surface area contributed by atoms with Gasteiger partial charge in [-0.15, -0.1) is 0 Å². The second-order valence-electron chi connectivity index (χ2n) is 7.68. The van der Waals surface area contributed by atoms with Gasteiger partial charge in [0.05, 0.1) is 19.1 Å². The molecule has 2 aromatic carbocycles. The van der Waals surface area contributed by atoms with Crippen LogP contribution in [0.15, 0.2) is 53.7 Å². The number of carbonyl (C=O) groups is 2. The van der Waals surface area contributed by atoms with Crippen molar-refractivity contribution in [3.8, 4) is 11.5 Å². The molecule has 160 valence electrons. The van der Waals surface area contributed by atoms with E-state index in [2.05, 4.69) is 5.32 Å². The van der Waals surface area contributed by atoms with Crippen molar-refractivity contribution < 1.29 is 24.0 Å². The predicted octanol–water partition coefficient (Wildman–Crippen LogP) is 3.62. The van der Waals surface area contributed by atoms with Gasteiger partial charge in [-0.3, -0.25) is 19.7 Å². The molecular formula is C23H22N2O6. The molecule has 2 aromatic rings. The van der Waals surface area contributed by atoms with Crippen LogP contribution in [0.3, 0.4) is 0 Å². The summed E-state index contributed by atoms with van der Waals surface area (Å²) in [6, 6.07) is 11.5. The molecule has 2 aliphatic rings. The number of rotatable bonds is 5. The molecule has 0 spiro atoms. The molecular weight excluding hydrogens is 400 g/mol. The van der Waals surface area contributed by atoms with Crippen molar-refractivity contribution in [2.24, 2.45) is 0 Å². The van der Waals surface area contributed by atoms with Gasteiger partial charge in [0.25, 0.3) is 5.69 Å². The Hall–Kier alpha value is -3.68. The number of hydrogen-bond acceptors (Lipinski definition) is 6. The molecule has 1 aliphatic carbocycles. The third kappa shape index (κ3) is 3.88. The molecule has 0 saturated heterocycles. The van der Waals surface area contributed by atoms with E-state index in [1.807, 2.05) is 12.1 Å². The number of hydrogen-bond donors (Lipinski definition) is 1. The number of benzene rings is 2. The van der Waals surface area contributed by atoms with Crippen molar-refractivity contribution in [3.05, 3.63) is 75.0 Å². The number of nitro benzene ring substituents is 1. The van der Waals surface area contributed by atoms with Gasteiger partial charge < -0.3 is 14.8 Å². The Bertz CT molecular complexity index is 1090. The first-order valence-electron chi connectivity index (χ1n) is 9.93. The summed E-state index contributed by atoms with van der Waals surface area (Å²) in [4.78, 5) is 36.2. The van der Waals surface area contributed by atoms with E-state index in [1.165, 1.54) is 12.1 Å². The van der Waals surface area contributed by atoms with Crippen LogP contribution in [0.25, 0.3) is 0 Å². The molecule has 1 aliphatic heterocycles. The lowest BCUT2D eigenvalue weighted by molar-refractivity contribution is -0.384. The van der Waals surface area contributed by atoms with Crippen LogP contribution >= 0.6 is 0 Å². The van der Waals surface area contributed by atoms with Crippen molar-refractivity contribution in [1.29, 1.82) is 0 Å². The molecule has 4 rings (SSSR count). The molecule has 8 nitrogen and oxygen atoms in total. The maximum Gasteiger partial charge on any atom is 0.269 e. The summed E-state index contributed by atoms with van der Waals surface area (Å²) in [5.41, 5.74) is 2.75. The zero-order valence-corrected chi connectivity index (χ0v) is 17.2. The second-order valence-corrected chi connectivity index (χ2v) is 7.68. The highest BCUT2D eigenvalue weighted by Gasteiger charge is 2.39. The number of amides is 1. The SMILES string of the molecule is COc1ccc(OC)c(C2CC(=O)C3=C(C2)NC(=O)CC3c2ccc([N+](=O)[O-])cc2)c1. The van der Waals surface area contributed by atoms with Crippen molar-refractivity contribution >= 4 is 17.4 Å². The first kappa shape index (κ1) is 20.6. The number of ether oxygens (including phenoxy) is 2.